The maximum absolute atomic E-state index is 5.16. The second-order valence-electron chi connectivity index (χ2n) is 2.46. The van der Waals surface area contributed by atoms with Gasteiger partial charge in [-0.05, 0) is 41.1 Å². The number of hydrogen-bond donors (Lipinski definition) is 0. The van der Waals surface area contributed by atoms with Gasteiger partial charge in [0.2, 0.25) is 0 Å². The van der Waals surface area contributed by atoms with Gasteiger partial charge in [0.1, 0.15) is 11.5 Å². The van der Waals surface area contributed by atoms with E-state index in [1.54, 1.807) is 14.2 Å². The van der Waals surface area contributed by atoms with Gasteiger partial charge in [-0.25, -0.2) is 0 Å². The molecule has 0 unspecified atom stereocenters. The minimum Gasteiger partial charge on any atom is -0.496 e. The topological polar surface area (TPSA) is 18.5 Å². The first-order chi connectivity index (χ1) is 5.69. The highest BCUT2D eigenvalue weighted by atomic mass is 127. The van der Waals surface area contributed by atoms with Crippen molar-refractivity contribution in [2.24, 2.45) is 0 Å². The average Bonchev–Trinajstić information content (AvgIpc) is 2.05. The molecule has 0 saturated heterocycles. The molecule has 12 heavy (non-hydrogen) atoms. The number of halogens is 1. The van der Waals surface area contributed by atoms with E-state index >= 15 is 0 Å². The Balaban J connectivity index is 3.18. The summed E-state index contributed by atoms with van der Waals surface area (Å²) in [5, 5.41) is 0. The van der Waals surface area contributed by atoms with E-state index in [0.717, 1.165) is 20.6 Å². The minimum absolute atomic E-state index is 0.859. The zero-order valence-corrected chi connectivity index (χ0v) is 9.51. The standard InChI is InChI=1S/C9H11IO2/c1-6-4-7(10)9(12-3)5-8(6)11-2/h4-5H,1-3H3. The third-order valence-corrected chi connectivity index (χ3v) is 2.51. The van der Waals surface area contributed by atoms with Crippen LogP contribution in [-0.4, -0.2) is 14.2 Å². The molecule has 0 spiro atoms. The van der Waals surface area contributed by atoms with Crippen molar-refractivity contribution < 1.29 is 9.47 Å². The lowest BCUT2D eigenvalue weighted by Gasteiger charge is -2.08. The van der Waals surface area contributed by atoms with Gasteiger partial charge in [0.15, 0.2) is 0 Å². The number of benzene rings is 1. The van der Waals surface area contributed by atoms with Crippen molar-refractivity contribution in [3.63, 3.8) is 0 Å². The summed E-state index contributed by atoms with van der Waals surface area (Å²) in [6.45, 7) is 2.01. The van der Waals surface area contributed by atoms with Gasteiger partial charge in [-0.3, -0.25) is 0 Å². The first-order valence-electron chi connectivity index (χ1n) is 3.57. The summed E-state index contributed by atoms with van der Waals surface area (Å²) in [6.07, 6.45) is 0. The molecule has 2 nitrogen and oxygen atoms in total. The molecule has 0 heterocycles. The van der Waals surface area contributed by atoms with Crippen molar-refractivity contribution in [2.45, 2.75) is 6.92 Å². The Kier molecular flexibility index (Phi) is 3.20. The lowest BCUT2D eigenvalue weighted by atomic mass is 10.2. The Bertz CT molecular complexity index is 259. The number of methoxy groups -OCH3 is 2. The Hall–Kier alpha value is -0.450. The Morgan fingerprint density at radius 1 is 1.08 bits per heavy atom. The molecule has 0 atom stereocenters. The van der Waals surface area contributed by atoms with Crippen LogP contribution in [0, 0.1) is 10.5 Å². The highest BCUT2D eigenvalue weighted by Crippen LogP contribution is 2.29. The monoisotopic (exact) mass is 278 g/mol. The van der Waals surface area contributed by atoms with Crippen LogP contribution in [0.3, 0.4) is 0 Å². The van der Waals surface area contributed by atoms with Crippen LogP contribution in [-0.2, 0) is 0 Å². The lowest BCUT2D eigenvalue weighted by molar-refractivity contribution is 0.390. The molecule has 0 saturated carbocycles. The van der Waals surface area contributed by atoms with Gasteiger partial charge >= 0.3 is 0 Å². The van der Waals surface area contributed by atoms with Crippen LogP contribution in [0.1, 0.15) is 5.56 Å². The maximum atomic E-state index is 5.16. The Labute approximate surface area is 86.0 Å². The highest BCUT2D eigenvalue weighted by molar-refractivity contribution is 14.1. The van der Waals surface area contributed by atoms with Gasteiger partial charge in [-0.15, -0.1) is 0 Å². The fourth-order valence-electron chi connectivity index (χ4n) is 1.01. The minimum atomic E-state index is 0.859. The van der Waals surface area contributed by atoms with Crippen LogP contribution in [0.2, 0.25) is 0 Å². The SMILES string of the molecule is COc1cc(OC)c(I)cc1C. The van der Waals surface area contributed by atoms with E-state index in [4.69, 9.17) is 9.47 Å². The summed E-state index contributed by atoms with van der Waals surface area (Å²) < 4.78 is 11.4. The summed E-state index contributed by atoms with van der Waals surface area (Å²) in [5.41, 5.74) is 1.13. The fourth-order valence-corrected chi connectivity index (χ4v) is 1.85. The first-order valence-corrected chi connectivity index (χ1v) is 4.65. The van der Waals surface area contributed by atoms with Crippen molar-refractivity contribution in [2.75, 3.05) is 14.2 Å². The molecule has 0 aliphatic heterocycles. The van der Waals surface area contributed by atoms with Gasteiger partial charge in [-0.1, -0.05) is 0 Å². The number of rotatable bonds is 2. The summed E-state index contributed by atoms with van der Waals surface area (Å²) in [6, 6.07) is 3.94. The van der Waals surface area contributed by atoms with Crippen molar-refractivity contribution >= 4 is 22.6 Å². The molecular formula is C9H11IO2. The molecule has 0 amide bonds. The second-order valence-corrected chi connectivity index (χ2v) is 3.62. The van der Waals surface area contributed by atoms with Crippen LogP contribution in [0.5, 0.6) is 11.5 Å². The molecule has 0 bridgehead atoms. The largest absolute Gasteiger partial charge is 0.496 e. The fraction of sp³-hybridized carbons (Fsp3) is 0.333. The molecule has 0 aliphatic rings. The van der Waals surface area contributed by atoms with E-state index < -0.39 is 0 Å². The predicted octanol–water partition coefficient (Wildman–Crippen LogP) is 2.62. The molecule has 0 radical (unpaired) electrons. The number of hydrogen-bond acceptors (Lipinski definition) is 2. The molecular weight excluding hydrogens is 267 g/mol. The zero-order chi connectivity index (χ0) is 9.14. The van der Waals surface area contributed by atoms with Crippen molar-refractivity contribution in [1.29, 1.82) is 0 Å². The van der Waals surface area contributed by atoms with Gasteiger partial charge in [0.05, 0.1) is 17.8 Å². The summed E-state index contributed by atoms with van der Waals surface area (Å²) in [7, 11) is 3.32. The van der Waals surface area contributed by atoms with Crippen molar-refractivity contribution in [3.05, 3.63) is 21.3 Å². The third-order valence-electron chi connectivity index (χ3n) is 1.67. The predicted molar refractivity (Wildman–Crippen MR) is 57.0 cm³/mol. The van der Waals surface area contributed by atoms with E-state index in [9.17, 15) is 0 Å². The van der Waals surface area contributed by atoms with Crippen molar-refractivity contribution in [3.8, 4) is 11.5 Å². The first kappa shape index (κ1) is 9.64. The molecule has 0 fully saturated rings. The molecule has 3 heteroatoms. The summed E-state index contributed by atoms with van der Waals surface area (Å²) in [5.74, 6) is 1.73. The van der Waals surface area contributed by atoms with E-state index in [2.05, 4.69) is 22.6 Å². The van der Waals surface area contributed by atoms with E-state index in [0.29, 0.717) is 0 Å². The quantitative estimate of drug-likeness (QED) is 0.774. The van der Waals surface area contributed by atoms with Gasteiger partial charge in [0, 0.05) is 6.07 Å². The molecule has 0 aromatic heterocycles. The molecule has 1 rings (SSSR count). The zero-order valence-electron chi connectivity index (χ0n) is 7.35. The highest BCUT2D eigenvalue weighted by Gasteiger charge is 2.04. The molecule has 0 aliphatic carbocycles. The number of ether oxygens (including phenoxy) is 2. The van der Waals surface area contributed by atoms with Gasteiger partial charge < -0.3 is 9.47 Å². The normalized spacial score (nSPS) is 9.67. The lowest BCUT2D eigenvalue weighted by Crippen LogP contribution is -1.92. The molecule has 1 aromatic rings. The summed E-state index contributed by atoms with van der Waals surface area (Å²) >= 11 is 2.24. The Morgan fingerprint density at radius 2 is 1.67 bits per heavy atom. The van der Waals surface area contributed by atoms with Crippen LogP contribution in [0.25, 0.3) is 0 Å². The van der Waals surface area contributed by atoms with Crippen LogP contribution in [0.4, 0.5) is 0 Å². The van der Waals surface area contributed by atoms with E-state index in [-0.39, 0.29) is 0 Å². The molecule has 0 N–H and O–H groups in total. The summed E-state index contributed by atoms with van der Waals surface area (Å²) in [4.78, 5) is 0. The molecule has 1 aromatic carbocycles. The van der Waals surface area contributed by atoms with Crippen molar-refractivity contribution in [1.82, 2.24) is 0 Å². The average molecular weight is 278 g/mol. The molecule has 66 valence electrons. The Morgan fingerprint density at radius 3 is 2.17 bits per heavy atom. The number of aryl methyl sites for hydroxylation is 1. The van der Waals surface area contributed by atoms with Gasteiger partial charge in [-0.2, -0.15) is 0 Å². The van der Waals surface area contributed by atoms with E-state index in [1.165, 1.54) is 0 Å². The van der Waals surface area contributed by atoms with Crippen LogP contribution < -0.4 is 9.47 Å². The maximum Gasteiger partial charge on any atom is 0.135 e. The van der Waals surface area contributed by atoms with E-state index in [1.807, 2.05) is 19.1 Å². The second kappa shape index (κ2) is 3.98. The van der Waals surface area contributed by atoms with Crippen LogP contribution >= 0.6 is 22.6 Å². The smallest absolute Gasteiger partial charge is 0.135 e. The van der Waals surface area contributed by atoms with Gasteiger partial charge in [0.25, 0.3) is 0 Å². The van der Waals surface area contributed by atoms with Crippen LogP contribution in [0.15, 0.2) is 12.1 Å². The third kappa shape index (κ3) is 1.83.